The van der Waals surface area contributed by atoms with Gasteiger partial charge in [0, 0.05) is 23.3 Å². The van der Waals surface area contributed by atoms with Crippen molar-refractivity contribution < 1.29 is 19.1 Å². The molecule has 0 unspecified atom stereocenters. The van der Waals surface area contributed by atoms with Crippen molar-refractivity contribution in [2.24, 2.45) is 0 Å². The van der Waals surface area contributed by atoms with E-state index < -0.39 is 12.0 Å². The monoisotopic (exact) mass is 324 g/mol. The number of nitrogens with zero attached hydrogens (tertiary/aromatic N) is 1. The molecule has 118 valence electrons. The van der Waals surface area contributed by atoms with E-state index in [-0.39, 0.29) is 6.03 Å². The molecular weight excluding hydrogens is 308 g/mol. The molecule has 1 aromatic carbocycles. The normalized spacial score (nSPS) is 18.1. The molecule has 2 rings (SSSR count). The quantitative estimate of drug-likeness (QED) is 0.867. The molecule has 7 heteroatoms. The molecule has 0 fully saturated rings. The standard InChI is InChI=1S/C15H17ClN2O4/c1-8-12(14(19)22-4)13(17-15(20)18(8)2)10-7-9(16)5-6-11(10)21-3/h5-7,13H,1-4H3,(H,17,20)/t13-/m1/s1. The lowest BCUT2D eigenvalue weighted by Crippen LogP contribution is -2.46. The summed E-state index contributed by atoms with van der Waals surface area (Å²) in [6.07, 6.45) is 0. The maximum Gasteiger partial charge on any atom is 0.337 e. The van der Waals surface area contributed by atoms with Crippen LogP contribution in [0.2, 0.25) is 5.02 Å². The predicted octanol–water partition coefficient (Wildman–Crippen LogP) is 2.49. The maximum absolute atomic E-state index is 12.2. The number of allylic oxidation sites excluding steroid dienone is 1. The number of benzene rings is 1. The summed E-state index contributed by atoms with van der Waals surface area (Å²) in [6, 6.07) is 4.01. The molecule has 0 saturated heterocycles. The third-order valence-electron chi connectivity index (χ3n) is 3.66. The first-order valence-corrected chi connectivity index (χ1v) is 6.95. The van der Waals surface area contributed by atoms with Crippen LogP contribution in [0.1, 0.15) is 18.5 Å². The average molecular weight is 325 g/mol. The van der Waals surface area contributed by atoms with Gasteiger partial charge in [-0.3, -0.25) is 0 Å². The summed E-state index contributed by atoms with van der Waals surface area (Å²) >= 11 is 6.04. The van der Waals surface area contributed by atoms with Crippen molar-refractivity contribution in [3.8, 4) is 5.75 Å². The number of hydrogen-bond acceptors (Lipinski definition) is 4. The Labute approximate surface area is 133 Å². The minimum Gasteiger partial charge on any atom is -0.496 e. The number of ether oxygens (including phenoxy) is 2. The van der Waals surface area contributed by atoms with Crippen LogP contribution in [-0.4, -0.2) is 38.2 Å². The van der Waals surface area contributed by atoms with E-state index in [9.17, 15) is 9.59 Å². The van der Waals surface area contributed by atoms with Crippen molar-refractivity contribution in [3.63, 3.8) is 0 Å². The predicted molar refractivity (Wildman–Crippen MR) is 81.8 cm³/mol. The van der Waals surface area contributed by atoms with Crippen LogP contribution >= 0.6 is 11.6 Å². The number of amides is 2. The largest absolute Gasteiger partial charge is 0.496 e. The number of carbonyl (C=O) groups is 2. The van der Waals surface area contributed by atoms with Gasteiger partial charge in [0.25, 0.3) is 0 Å². The van der Waals surface area contributed by atoms with Gasteiger partial charge in [-0.05, 0) is 25.1 Å². The lowest BCUT2D eigenvalue weighted by atomic mass is 9.94. The molecule has 2 amide bonds. The van der Waals surface area contributed by atoms with Crippen LogP contribution in [0.15, 0.2) is 29.5 Å². The first kappa shape index (κ1) is 16.2. The van der Waals surface area contributed by atoms with E-state index in [1.807, 2.05) is 0 Å². The van der Waals surface area contributed by atoms with Gasteiger partial charge in [0.2, 0.25) is 0 Å². The fraction of sp³-hybridized carbons (Fsp3) is 0.333. The molecule has 0 bridgehead atoms. The number of urea groups is 1. The summed E-state index contributed by atoms with van der Waals surface area (Å²) in [5, 5.41) is 3.25. The zero-order chi connectivity index (χ0) is 16.4. The summed E-state index contributed by atoms with van der Waals surface area (Å²) in [4.78, 5) is 25.6. The molecular formula is C15H17ClN2O4. The smallest absolute Gasteiger partial charge is 0.337 e. The Balaban J connectivity index is 2.64. The minimum atomic E-state index is -0.690. The lowest BCUT2D eigenvalue weighted by molar-refractivity contribution is -0.136. The second-order valence-corrected chi connectivity index (χ2v) is 5.25. The van der Waals surface area contributed by atoms with E-state index in [0.717, 1.165) is 0 Å². The molecule has 1 N–H and O–H groups in total. The number of methoxy groups -OCH3 is 2. The van der Waals surface area contributed by atoms with Gasteiger partial charge in [-0.15, -0.1) is 0 Å². The van der Waals surface area contributed by atoms with Crippen molar-refractivity contribution in [2.45, 2.75) is 13.0 Å². The topological polar surface area (TPSA) is 67.9 Å². The maximum atomic E-state index is 12.2. The highest BCUT2D eigenvalue weighted by molar-refractivity contribution is 6.30. The molecule has 0 saturated carbocycles. The van der Waals surface area contributed by atoms with Crippen LogP contribution in [0.5, 0.6) is 5.75 Å². The van der Waals surface area contributed by atoms with Crippen LogP contribution in [-0.2, 0) is 9.53 Å². The van der Waals surface area contributed by atoms with Crippen LogP contribution in [0.3, 0.4) is 0 Å². The molecule has 6 nitrogen and oxygen atoms in total. The SMILES string of the molecule is COC(=O)C1=C(C)N(C)C(=O)N[C@@H]1c1cc(Cl)ccc1OC. The van der Waals surface area contributed by atoms with Gasteiger partial charge in [-0.25, -0.2) is 9.59 Å². The lowest BCUT2D eigenvalue weighted by Gasteiger charge is -2.33. The fourth-order valence-corrected chi connectivity index (χ4v) is 2.55. The molecule has 1 aliphatic heterocycles. The van der Waals surface area contributed by atoms with E-state index in [2.05, 4.69) is 5.32 Å². The van der Waals surface area contributed by atoms with Crippen molar-refractivity contribution >= 4 is 23.6 Å². The van der Waals surface area contributed by atoms with Crippen LogP contribution in [0.25, 0.3) is 0 Å². The summed E-state index contributed by atoms with van der Waals surface area (Å²) in [6.45, 7) is 1.69. The summed E-state index contributed by atoms with van der Waals surface area (Å²) in [5.41, 5.74) is 1.45. The molecule has 0 aliphatic carbocycles. The fourth-order valence-electron chi connectivity index (χ4n) is 2.37. The Kier molecular flexibility index (Phi) is 4.61. The van der Waals surface area contributed by atoms with E-state index in [0.29, 0.717) is 27.6 Å². The zero-order valence-corrected chi connectivity index (χ0v) is 13.5. The van der Waals surface area contributed by atoms with E-state index in [1.54, 1.807) is 32.2 Å². The number of carbonyl (C=O) groups excluding carboxylic acids is 2. The first-order chi connectivity index (χ1) is 10.4. The second kappa shape index (κ2) is 6.27. The van der Waals surface area contributed by atoms with Gasteiger partial charge >= 0.3 is 12.0 Å². The molecule has 0 radical (unpaired) electrons. The highest BCUT2D eigenvalue weighted by Gasteiger charge is 2.36. The minimum absolute atomic E-state index is 0.322. The second-order valence-electron chi connectivity index (χ2n) is 4.82. The van der Waals surface area contributed by atoms with Gasteiger partial charge < -0.3 is 19.7 Å². The first-order valence-electron chi connectivity index (χ1n) is 6.57. The summed E-state index contributed by atoms with van der Waals surface area (Å²) < 4.78 is 10.2. The molecule has 22 heavy (non-hydrogen) atoms. The Bertz CT molecular complexity index is 657. The number of hydrogen-bond donors (Lipinski definition) is 1. The van der Waals surface area contributed by atoms with Crippen molar-refractivity contribution in [1.82, 2.24) is 10.2 Å². The molecule has 0 aromatic heterocycles. The van der Waals surface area contributed by atoms with Crippen LogP contribution in [0, 0.1) is 0 Å². The third kappa shape index (κ3) is 2.74. The highest BCUT2D eigenvalue weighted by atomic mass is 35.5. The van der Waals surface area contributed by atoms with Crippen molar-refractivity contribution in [2.75, 3.05) is 21.3 Å². The van der Waals surface area contributed by atoms with Crippen LogP contribution < -0.4 is 10.1 Å². The van der Waals surface area contributed by atoms with Gasteiger partial charge in [0.15, 0.2) is 0 Å². The zero-order valence-electron chi connectivity index (χ0n) is 12.8. The number of halogens is 1. The van der Waals surface area contributed by atoms with Crippen molar-refractivity contribution in [3.05, 3.63) is 40.1 Å². The van der Waals surface area contributed by atoms with Crippen molar-refractivity contribution in [1.29, 1.82) is 0 Å². The van der Waals surface area contributed by atoms with E-state index in [1.165, 1.54) is 19.1 Å². The summed E-state index contributed by atoms with van der Waals surface area (Å²) in [5.74, 6) is 0.00448. The Hall–Kier alpha value is -2.21. The van der Waals surface area contributed by atoms with Gasteiger partial charge in [0.05, 0.1) is 25.8 Å². The highest BCUT2D eigenvalue weighted by Crippen LogP contribution is 2.36. The van der Waals surface area contributed by atoms with Crippen LogP contribution in [0.4, 0.5) is 4.79 Å². The van der Waals surface area contributed by atoms with Gasteiger partial charge in [-0.1, -0.05) is 11.6 Å². The number of nitrogens with one attached hydrogen (secondary N) is 1. The third-order valence-corrected chi connectivity index (χ3v) is 3.90. The Morgan fingerprint density at radius 3 is 2.64 bits per heavy atom. The Morgan fingerprint density at radius 2 is 2.05 bits per heavy atom. The number of esters is 1. The molecule has 1 atom stereocenters. The molecule has 0 spiro atoms. The van der Waals surface area contributed by atoms with Gasteiger partial charge in [0.1, 0.15) is 5.75 Å². The van der Waals surface area contributed by atoms with E-state index in [4.69, 9.17) is 21.1 Å². The van der Waals surface area contributed by atoms with E-state index >= 15 is 0 Å². The molecule has 1 aliphatic rings. The average Bonchev–Trinajstić information content (AvgIpc) is 2.51. The molecule has 1 heterocycles. The van der Waals surface area contributed by atoms with Gasteiger partial charge in [-0.2, -0.15) is 0 Å². The molecule has 1 aromatic rings. The summed E-state index contributed by atoms with van der Waals surface area (Å²) in [7, 11) is 4.39. The number of rotatable bonds is 3. The Morgan fingerprint density at radius 1 is 1.36 bits per heavy atom.